The number of nitrogens with one attached hydrogen (secondary N) is 1. The minimum absolute atomic E-state index is 0.189. The van der Waals surface area contributed by atoms with Crippen molar-refractivity contribution >= 4 is 46.0 Å². The number of anilines is 1. The normalized spacial score (nSPS) is 22.9. The highest BCUT2D eigenvalue weighted by molar-refractivity contribution is 6.06. The zero-order valence-corrected chi connectivity index (χ0v) is 23.6. The molecule has 13 heteroatoms. The van der Waals surface area contributed by atoms with Gasteiger partial charge in [0.2, 0.25) is 5.91 Å². The molecule has 2 aliphatic carbocycles. The molecular weight excluding hydrogens is 556 g/mol. The molecule has 0 aliphatic heterocycles. The predicted octanol–water partition coefficient (Wildman–Crippen LogP) is 7.29. The summed E-state index contributed by atoms with van der Waals surface area (Å²) in [5.41, 5.74) is -1.17. The van der Waals surface area contributed by atoms with Gasteiger partial charge in [-0.15, -0.1) is 0 Å². The van der Waals surface area contributed by atoms with Crippen LogP contribution in [-0.2, 0) is 9.63 Å². The summed E-state index contributed by atoms with van der Waals surface area (Å²) in [5, 5.41) is 38.0. The van der Waals surface area contributed by atoms with Gasteiger partial charge in [0.15, 0.2) is 0 Å². The number of carbonyl (C=O) groups is 2. The summed E-state index contributed by atoms with van der Waals surface area (Å²) in [6.07, 6.45) is 1.44. The Morgan fingerprint density at radius 2 is 1.42 bits per heavy atom. The van der Waals surface area contributed by atoms with Crippen LogP contribution < -0.4 is 5.32 Å². The molecule has 0 saturated heterocycles. The predicted molar refractivity (Wildman–Crippen MR) is 156 cm³/mol. The third-order valence-corrected chi connectivity index (χ3v) is 9.13. The highest BCUT2D eigenvalue weighted by Crippen LogP contribution is 2.71. The summed E-state index contributed by atoms with van der Waals surface area (Å²) in [5.74, 6) is -1.27. The van der Waals surface area contributed by atoms with Gasteiger partial charge < -0.3 is 10.2 Å². The molecule has 5 rings (SSSR count). The second-order valence-electron chi connectivity index (χ2n) is 11.4. The Morgan fingerprint density at radius 3 is 2.00 bits per heavy atom. The van der Waals surface area contributed by atoms with Crippen molar-refractivity contribution in [2.24, 2.45) is 31.6 Å². The van der Waals surface area contributed by atoms with Crippen LogP contribution in [-0.4, -0.2) is 27.4 Å². The first-order valence-electron chi connectivity index (χ1n) is 13.5. The largest absolute Gasteiger partial charge is 0.366 e. The fourth-order valence-corrected chi connectivity index (χ4v) is 6.07. The maximum atomic E-state index is 13.8. The molecule has 2 fully saturated rings. The van der Waals surface area contributed by atoms with Crippen LogP contribution in [0.15, 0.2) is 88.2 Å². The SMILES string of the molecule is CC12CCC(C(=O)Nc3ccc(N=Nc4ccccc4)cc3)(CC1=NOC(=O)c1cc([N+](=O)[O-])cc([N+](=O)[O-])c1)C2(C)C. The summed E-state index contributed by atoms with van der Waals surface area (Å²) < 4.78 is 0. The molecule has 0 heterocycles. The number of hydrogen-bond donors (Lipinski definition) is 1. The number of azo groups is 1. The lowest BCUT2D eigenvalue weighted by molar-refractivity contribution is -0.394. The van der Waals surface area contributed by atoms with Gasteiger partial charge in [-0.3, -0.25) is 25.0 Å². The Kier molecular flexibility index (Phi) is 7.34. The van der Waals surface area contributed by atoms with Gasteiger partial charge >= 0.3 is 5.97 Å². The van der Waals surface area contributed by atoms with Crippen molar-refractivity contribution in [1.82, 2.24) is 0 Å². The minimum Gasteiger partial charge on any atom is -0.326 e. The first-order valence-corrected chi connectivity index (χ1v) is 13.5. The van der Waals surface area contributed by atoms with Crippen molar-refractivity contribution in [2.75, 3.05) is 5.32 Å². The van der Waals surface area contributed by atoms with Gasteiger partial charge in [0.25, 0.3) is 11.4 Å². The van der Waals surface area contributed by atoms with Crippen LogP contribution in [0.25, 0.3) is 0 Å². The summed E-state index contributed by atoms with van der Waals surface area (Å²) in [7, 11) is 0. The number of nitrogens with zero attached hydrogens (tertiary/aromatic N) is 5. The zero-order valence-electron chi connectivity index (χ0n) is 23.6. The number of hydrogen-bond acceptors (Lipinski definition) is 10. The molecule has 2 unspecified atom stereocenters. The Labute approximate surface area is 246 Å². The highest BCUT2D eigenvalue weighted by Gasteiger charge is 2.71. The van der Waals surface area contributed by atoms with Gasteiger partial charge in [-0.05, 0) is 54.7 Å². The number of nitro benzene ring substituents is 2. The van der Waals surface area contributed by atoms with E-state index in [2.05, 4.69) is 20.7 Å². The van der Waals surface area contributed by atoms with E-state index in [9.17, 15) is 29.8 Å². The van der Waals surface area contributed by atoms with Crippen molar-refractivity contribution < 1.29 is 24.3 Å². The van der Waals surface area contributed by atoms with Crippen molar-refractivity contribution in [1.29, 1.82) is 0 Å². The Morgan fingerprint density at radius 1 is 0.837 bits per heavy atom. The second kappa shape index (κ2) is 10.8. The molecule has 2 aliphatic rings. The third-order valence-electron chi connectivity index (χ3n) is 9.13. The maximum absolute atomic E-state index is 13.8. The standard InChI is InChI=1S/C30H28N6O7/c1-28(2)29(3)13-14-30(28,27(38)31-20-9-11-22(12-10-20)33-32-21-7-5-4-6-8-21)18-25(29)34-43-26(37)19-15-23(35(39)40)17-24(16-19)36(41)42/h4-12,15-17H,13-14,18H2,1-3H3,(H,31,38). The van der Waals surface area contributed by atoms with Gasteiger partial charge in [-0.25, -0.2) is 4.79 Å². The molecule has 2 bridgehead atoms. The van der Waals surface area contributed by atoms with E-state index in [0.29, 0.717) is 29.9 Å². The van der Waals surface area contributed by atoms with E-state index in [4.69, 9.17) is 4.84 Å². The van der Waals surface area contributed by atoms with E-state index >= 15 is 0 Å². The van der Waals surface area contributed by atoms with Crippen LogP contribution in [0, 0.1) is 36.5 Å². The van der Waals surface area contributed by atoms with E-state index in [1.807, 2.05) is 51.1 Å². The number of fused-ring (bicyclic) bond motifs is 2. The van der Waals surface area contributed by atoms with Gasteiger partial charge in [-0.1, -0.05) is 44.1 Å². The van der Waals surface area contributed by atoms with Crippen LogP contribution in [0.4, 0.5) is 28.4 Å². The number of amides is 1. The molecular formula is C30H28N6O7. The number of non-ortho nitro benzene ring substituents is 2. The third kappa shape index (κ3) is 5.13. The lowest BCUT2D eigenvalue weighted by Gasteiger charge is -2.39. The number of benzene rings is 3. The highest BCUT2D eigenvalue weighted by atomic mass is 16.7. The van der Waals surface area contributed by atoms with Crippen LogP contribution >= 0.6 is 0 Å². The van der Waals surface area contributed by atoms with Crippen LogP contribution in [0.1, 0.15) is 50.4 Å². The number of rotatable bonds is 8. The summed E-state index contributed by atoms with van der Waals surface area (Å²) in [6.45, 7) is 5.94. The molecule has 2 saturated carbocycles. The Hall–Kier alpha value is -5.33. The smallest absolute Gasteiger partial charge is 0.326 e. The summed E-state index contributed by atoms with van der Waals surface area (Å²) in [4.78, 5) is 52.5. The molecule has 220 valence electrons. The fourth-order valence-electron chi connectivity index (χ4n) is 6.07. The van der Waals surface area contributed by atoms with Crippen molar-refractivity contribution in [2.45, 2.75) is 40.0 Å². The van der Waals surface area contributed by atoms with E-state index in [0.717, 1.165) is 23.9 Å². The van der Waals surface area contributed by atoms with E-state index in [1.165, 1.54) is 0 Å². The molecule has 3 aromatic rings. The summed E-state index contributed by atoms with van der Waals surface area (Å²) in [6, 6.07) is 18.9. The molecule has 2 atom stereocenters. The fraction of sp³-hybridized carbons (Fsp3) is 0.300. The molecule has 1 amide bonds. The van der Waals surface area contributed by atoms with Gasteiger partial charge in [0.1, 0.15) is 0 Å². The monoisotopic (exact) mass is 584 g/mol. The molecule has 43 heavy (non-hydrogen) atoms. The van der Waals surface area contributed by atoms with E-state index in [1.54, 1.807) is 24.3 Å². The lowest BCUT2D eigenvalue weighted by Crippen LogP contribution is -2.43. The average molecular weight is 585 g/mol. The van der Waals surface area contributed by atoms with Crippen molar-refractivity contribution in [3.63, 3.8) is 0 Å². The topological polar surface area (TPSA) is 179 Å². The first kappa shape index (κ1) is 29.2. The van der Waals surface area contributed by atoms with Crippen LogP contribution in [0.5, 0.6) is 0 Å². The first-order chi connectivity index (χ1) is 20.4. The minimum atomic E-state index is -1.08. The number of oxime groups is 1. The maximum Gasteiger partial charge on any atom is 0.366 e. The molecule has 0 spiro atoms. The Balaban J connectivity index is 1.33. The number of carbonyl (C=O) groups excluding carboxylic acids is 2. The molecule has 3 aromatic carbocycles. The van der Waals surface area contributed by atoms with Gasteiger partial charge in [0.05, 0.1) is 44.0 Å². The summed E-state index contributed by atoms with van der Waals surface area (Å²) >= 11 is 0. The van der Waals surface area contributed by atoms with Gasteiger partial charge in [0, 0.05) is 29.7 Å². The average Bonchev–Trinajstić information content (AvgIpc) is 3.30. The molecule has 13 nitrogen and oxygen atoms in total. The van der Waals surface area contributed by atoms with Crippen LogP contribution in [0.3, 0.4) is 0 Å². The zero-order chi connectivity index (χ0) is 31.0. The quantitative estimate of drug-likeness (QED) is 0.125. The van der Waals surface area contributed by atoms with Crippen molar-refractivity contribution in [3.8, 4) is 0 Å². The van der Waals surface area contributed by atoms with Gasteiger partial charge in [-0.2, -0.15) is 10.2 Å². The molecule has 0 radical (unpaired) electrons. The van der Waals surface area contributed by atoms with Crippen molar-refractivity contribution in [3.05, 3.63) is 98.6 Å². The Bertz CT molecular complexity index is 1650. The lowest BCUT2D eigenvalue weighted by atomic mass is 9.64. The number of nitro groups is 2. The molecule has 1 N–H and O–H groups in total. The second-order valence-corrected chi connectivity index (χ2v) is 11.4. The van der Waals surface area contributed by atoms with E-state index < -0.39 is 43.4 Å². The van der Waals surface area contributed by atoms with E-state index in [-0.39, 0.29) is 17.9 Å². The van der Waals surface area contributed by atoms with Crippen LogP contribution in [0.2, 0.25) is 0 Å². The molecule has 0 aromatic heterocycles.